The van der Waals surface area contributed by atoms with E-state index >= 15 is 0 Å². The number of nitrogens with zero attached hydrogens (tertiary/aromatic N) is 5. The smallest absolute Gasteiger partial charge is 0.197 e. The minimum absolute atomic E-state index is 0.0158. The first kappa shape index (κ1) is 26.3. The molecular formula is C30H36N6OS. The summed E-state index contributed by atoms with van der Waals surface area (Å²) < 4.78 is 3.23. The fourth-order valence-corrected chi connectivity index (χ4v) is 6.19. The maximum Gasteiger partial charge on any atom is 0.197 e. The van der Waals surface area contributed by atoms with Crippen LogP contribution in [0.25, 0.3) is 26.1 Å². The van der Waals surface area contributed by atoms with Gasteiger partial charge in [-0.05, 0) is 56.0 Å². The van der Waals surface area contributed by atoms with E-state index in [2.05, 4.69) is 69.6 Å². The zero-order valence-corrected chi connectivity index (χ0v) is 23.5. The molecule has 0 spiro atoms. The molecule has 0 radical (unpaired) electrons. The zero-order chi connectivity index (χ0) is 26.6. The van der Waals surface area contributed by atoms with E-state index in [4.69, 9.17) is 0 Å². The molecule has 2 atom stereocenters. The van der Waals surface area contributed by atoms with Crippen LogP contribution in [-0.2, 0) is 6.54 Å². The number of anilines is 1. The van der Waals surface area contributed by atoms with Crippen molar-refractivity contribution >= 4 is 43.2 Å². The van der Waals surface area contributed by atoms with Crippen LogP contribution in [-0.4, -0.2) is 32.7 Å². The highest BCUT2D eigenvalue weighted by molar-refractivity contribution is 7.24. The Kier molecular flexibility index (Phi) is 8.00. The monoisotopic (exact) mass is 528 g/mol. The van der Waals surface area contributed by atoms with Crippen molar-refractivity contribution in [3.63, 3.8) is 0 Å². The SMILES string of the molecule is CCCN(CCC(C)CC)c1cc2c(=O)c(C(C)NCc3ccccn3)c3sc4ccccc4n3c2nn1. The van der Waals surface area contributed by atoms with Crippen LogP contribution < -0.4 is 15.6 Å². The summed E-state index contributed by atoms with van der Waals surface area (Å²) in [5.41, 5.74) is 3.37. The van der Waals surface area contributed by atoms with Crippen LogP contribution in [0.3, 0.4) is 0 Å². The van der Waals surface area contributed by atoms with Crippen LogP contribution >= 0.6 is 11.3 Å². The molecule has 0 aliphatic carbocycles. The summed E-state index contributed by atoms with van der Waals surface area (Å²) in [5.74, 6) is 1.42. The molecule has 0 saturated heterocycles. The average Bonchev–Trinajstić information content (AvgIpc) is 3.33. The van der Waals surface area contributed by atoms with Crippen molar-refractivity contribution in [2.24, 2.45) is 5.92 Å². The predicted molar refractivity (Wildman–Crippen MR) is 158 cm³/mol. The van der Waals surface area contributed by atoms with Crippen molar-refractivity contribution < 1.29 is 0 Å². The summed E-state index contributed by atoms with van der Waals surface area (Å²) in [6.07, 6.45) is 5.04. The normalized spacial score (nSPS) is 13.4. The second kappa shape index (κ2) is 11.6. The molecule has 5 aromatic rings. The van der Waals surface area contributed by atoms with Crippen molar-refractivity contribution in [1.29, 1.82) is 0 Å². The second-order valence-electron chi connectivity index (χ2n) is 10.1. The average molecular weight is 529 g/mol. The molecule has 0 aliphatic rings. The van der Waals surface area contributed by atoms with E-state index in [0.29, 0.717) is 23.5 Å². The van der Waals surface area contributed by atoms with Crippen LogP contribution in [0, 0.1) is 5.92 Å². The lowest BCUT2D eigenvalue weighted by molar-refractivity contribution is 0.508. The van der Waals surface area contributed by atoms with E-state index in [-0.39, 0.29) is 11.5 Å². The van der Waals surface area contributed by atoms with Gasteiger partial charge in [-0.1, -0.05) is 45.4 Å². The highest BCUT2D eigenvalue weighted by Gasteiger charge is 2.23. The Morgan fingerprint density at radius 1 is 1.05 bits per heavy atom. The van der Waals surface area contributed by atoms with Crippen molar-refractivity contribution in [1.82, 2.24) is 24.9 Å². The molecule has 38 heavy (non-hydrogen) atoms. The van der Waals surface area contributed by atoms with Gasteiger partial charge in [-0.2, -0.15) is 0 Å². The number of para-hydroxylation sites is 1. The van der Waals surface area contributed by atoms with E-state index in [1.54, 1.807) is 17.5 Å². The van der Waals surface area contributed by atoms with Gasteiger partial charge in [0, 0.05) is 31.9 Å². The van der Waals surface area contributed by atoms with Crippen LogP contribution in [0.15, 0.2) is 59.5 Å². The molecular weight excluding hydrogens is 492 g/mol. The third-order valence-electron chi connectivity index (χ3n) is 7.36. The Morgan fingerprint density at radius 3 is 2.63 bits per heavy atom. The standard InChI is InChI=1S/C30H36N6OS/c1-5-16-35(17-14-20(3)6-2)26-18-23-28(37)27(21(4)32-19-22-11-9-10-15-31-22)30-36(29(23)34-33-26)24-12-7-8-13-25(24)38-30/h7-13,15,18,20-21,32H,5-6,14,16-17,19H2,1-4H3. The lowest BCUT2D eigenvalue weighted by Crippen LogP contribution is -2.29. The van der Waals surface area contributed by atoms with Crippen molar-refractivity contribution in [2.45, 2.75) is 59.5 Å². The molecule has 0 bridgehead atoms. The molecule has 0 saturated carbocycles. The number of benzene rings is 1. The van der Waals surface area contributed by atoms with Gasteiger partial charge < -0.3 is 10.2 Å². The number of hydrogen-bond acceptors (Lipinski definition) is 7. The molecule has 7 nitrogen and oxygen atoms in total. The molecule has 2 unspecified atom stereocenters. The van der Waals surface area contributed by atoms with Gasteiger partial charge in [0.1, 0.15) is 4.83 Å². The maximum atomic E-state index is 14.2. The summed E-state index contributed by atoms with van der Waals surface area (Å²) in [7, 11) is 0. The predicted octanol–water partition coefficient (Wildman–Crippen LogP) is 6.36. The number of hydrogen-bond donors (Lipinski definition) is 1. The van der Waals surface area contributed by atoms with Gasteiger partial charge in [-0.3, -0.25) is 14.2 Å². The topological polar surface area (TPSA) is 75.4 Å². The van der Waals surface area contributed by atoms with Gasteiger partial charge in [0.05, 0.1) is 26.9 Å². The zero-order valence-electron chi connectivity index (χ0n) is 22.6. The highest BCUT2D eigenvalue weighted by Crippen LogP contribution is 2.33. The number of rotatable bonds is 11. The highest BCUT2D eigenvalue weighted by atomic mass is 32.1. The largest absolute Gasteiger partial charge is 0.355 e. The van der Waals surface area contributed by atoms with Crippen LogP contribution in [0.5, 0.6) is 0 Å². The Balaban J connectivity index is 1.64. The lowest BCUT2D eigenvalue weighted by Gasteiger charge is -2.24. The third kappa shape index (κ3) is 5.15. The fraction of sp³-hybridized carbons (Fsp3) is 0.400. The number of thiazole rings is 1. The van der Waals surface area contributed by atoms with Crippen molar-refractivity contribution in [3.05, 3.63) is 76.2 Å². The molecule has 8 heteroatoms. The van der Waals surface area contributed by atoms with Gasteiger partial charge in [0.25, 0.3) is 0 Å². The van der Waals surface area contributed by atoms with Gasteiger partial charge in [-0.25, -0.2) is 0 Å². The molecule has 1 N–H and O–H groups in total. The fourth-order valence-electron chi connectivity index (χ4n) is 4.91. The van der Waals surface area contributed by atoms with E-state index < -0.39 is 0 Å². The molecule has 198 valence electrons. The van der Waals surface area contributed by atoms with Crippen LogP contribution in [0.1, 0.15) is 64.3 Å². The van der Waals surface area contributed by atoms with Gasteiger partial charge in [0.2, 0.25) is 0 Å². The van der Waals surface area contributed by atoms with Gasteiger partial charge in [-0.15, -0.1) is 21.5 Å². The maximum absolute atomic E-state index is 14.2. The molecule has 5 rings (SSSR count). The third-order valence-corrected chi connectivity index (χ3v) is 8.52. The number of pyridine rings is 2. The van der Waals surface area contributed by atoms with E-state index in [1.807, 2.05) is 36.4 Å². The van der Waals surface area contributed by atoms with E-state index in [9.17, 15) is 4.79 Å². The van der Waals surface area contributed by atoms with Gasteiger partial charge in [0.15, 0.2) is 16.9 Å². The van der Waals surface area contributed by atoms with Crippen molar-refractivity contribution in [2.75, 3.05) is 18.0 Å². The molecule has 4 aromatic heterocycles. The van der Waals surface area contributed by atoms with Crippen LogP contribution in [0.2, 0.25) is 0 Å². The van der Waals surface area contributed by atoms with Crippen LogP contribution in [0.4, 0.5) is 5.82 Å². The Bertz CT molecular complexity index is 1600. The Hall–Kier alpha value is -3.36. The molecule has 0 amide bonds. The first-order chi connectivity index (χ1) is 18.5. The molecule has 0 fully saturated rings. The summed E-state index contributed by atoms with van der Waals surface area (Å²) in [6, 6.07) is 15.9. The first-order valence-corrected chi connectivity index (χ1v) is 14.4. The minimum Gasteiger partial charge on any atom is -0.355 e. The summed E-state index contributed by atoms with van der Waals surface area (Å²) in [6.45, 7) is 11.1. The van der Waals surface area contributed by atoms with E-state index in [1.165, 1.54) is 0 Å². The summed E-state index contributed by atoms with van der Waals surface area (Å²) in [4.78, 5) is 21.8. The summed E-state index contributed by atoms with van der Waals surface area (Å²) >= 11 is 1.63. The Labute approximate surface area is 227 Å². The lowest BCUT2D eigenvalue weighted by atomic mass is 10.0. The van der Waals surface area contributed by atoms with Gasteiger partial charge >= 0.3 is 0 Å². The molecule has 4 heterocycles. The second-order valence-corrected chi connectivity index (χ2v) is 11.1. The minimum atomic E-state index is -0.175. The van der Waals surface area contributed by atoms with E-state index in [0.717, 1.165) is 64.5 Å². The molecule has 1 aromatic carbocycles. The number of nitrogens with one attached hydrogen (secondary N) is 1. The molecule has 0 aliphatic heterocycles. The van der Waals surface area contributed by atoms with Crippen molar-refractivity contribution in [3.8, 4) is 0 Å². The first-order valence-electron chi connectivity index (χ1n) is 13.6. The quantitative estimate of drug-likeness (QED) is 0.215. The summed E-state index contributed by atoms with van der Waals surface area (Å²) in [5, 5.41) is 13.5. The number of aromatic nitrogens is 4. The number of fused-ring (bicyclic) bond motifs is 5. The Morgan fingerprint density at radius 2 is 1.87 bits per heavy atom.